The molecule has 0 saturated heterocycles. The van der Waals surface area contributed by atoms with E-state index in [1.165, 1.54) is 16.7 Å². The molecule has 0 aromatic carbocycles. The maximum Gasteiger partial charge on any atom is -0.00257 e. The largest absolute Gasteiger partial charge is 0.0955 e. The Morgan fingerprint density at radius 2 is 1.89 bits per heavy atom. The van der Waals surface area contributed by atoms with Crippen LogP contribution in [0.15, 0.2) is 47.6 Å². The van der Waals surface area contributed by atoms with Crippen molar-refractivity contribution in [1.29, 1.82) is 0 Å². The Bertz CT molecular complexity index is 249. The summed E-state index contributed by atoms with van der Waals surface area (Å²) in [5.74, 6) is 0. The normalized spacial score (nSPS) is 22.0. The molecule has 0 radical (unpaired) electrons. The molecule has 0 amide bonds. The molecule has 0 fully saturated rings. The van der Waals surface area contributed by atoms with Gasteiger partial charge < -0.3 is 0 Å². The van der Waals surface area contributed by atoms with Gasteiger partial charge in [-0.15, -0.1) is 0 Å². The van der Waals surface area contributed by atoms with Crippen LogP contribution >= 0.6 is 0 Å². The van der Waals surface area contributed by atoms with Crippen LogP contribution in [0.2, 0.25) is 0 Å². The topological polar surface area (TPSA) is 0 Å². The van der Waals surface area contributed by atoms with E-state index < -0.39 is 0 Å². The summed E-state index contributed by atoms with van der Waals surface area (Å²) in [4.78, 5) is 0. The van der Waals surface area contributed by atoms with E-state index in [1.54, 1.807) is 0 Å². The van der Waals surface area contributed by atoms with Gasteiger partial charge in [0, 0.05) is 0 Å². The summed E-state index contributed by atoms with van der Waals surface area (Å²) in [6.07, 6.45) is 9.56. The second kappa shape index (κ2) is 1.47. The lowest BCUT2D eigenvalue weighted by molar-refractivity contribution is 1.14. The minimum Gasteiger partial charge on any atom is -0.0955 e. The lowest BCUT2D eigenvalue weighted by Gasteiger charge is -2.17. The van der Waals surface area contributed by atoms with Gasteiger partial charge in [-0.1, -0.05) is 36.5 Å². The van der Waals surface area contributed by atoms with Gasteiger partial charge in [0.05, 0.1) is 0 Å². The molecule has 44 valence electrons. The fraction of sp³-hybridized carbons (Fsp3) is 0.111. The van der Waals surface area contributed by atoms with E-state index in [9.17, 15) is 0 Å². The van der Waals surface area contributed by atoms with E-state index in [1.807, 2.05) is 0 Å². The summed E-state index contributed by atoms with van der Waals surface area (Å²) in [7, 11) is 0. The smallest absolute Gasteiger partial charge is 0.00257 e. The molecule has 0 spiro atoms. The van der Waals surface area contributed by atoms with E-state index in [0.29, 0.717) is 0 Å². The molecule has 0 heterocycles. The van der Waals surface area contributed by atoms with Crippen LogP contribution in [-0.2, 0) is 0 Å². The first kappa shape index (κ1) is 4.80. The first-order chi connectivity index (χ1) is 4.36. The van der Waals surface area contributed by atoms with E-state index in [4.69, 9.17) is 0 Å². The van der Waals surface area contributed by atoms with Crippen LogP contribution in [-0.4, -0.2) is 0 Å². The molecular weight excluding hydrogens is 108 g/mol. The van der Waals surface area contributed by atoms with Gasteiger partial charge in [0.25, 0.3) is 0 Å². The standard InChI is InChI=1S/C9H8/c1-7-2-3-8-4-5-9(8)6-7/h2-5H,1,6H2. The molecule has 0 aliphatic heterocycles. The maximum absolute atomic E-state index is 3.88. The molecule has 0 saturated carbocycles. The summed E-state index contributed by atoms with van der Waals surface area (Å²) in [5, 5.41) is 0. The zero-order valence-electron chi connectivity index (χ0n) is 5.22. The molecule has 0 bridgehead atoms. The molecule has 9 heavy (non-hydrogen) atoms. The van der Waals surface area contributed by atoms with Crippen molar-refractivity contribution < 1.29 is 0 Å². The molecule has 2 aliphatic carbocycles. The van der Waals surface area contributed by atoms with Gasteiger partial charge in [0.15, 0.2) is 0 Å². The van der Waals surface area contributed by atoms with Gasteiger partial charge in [0.2, 0.25) is 0 Å². The van der Waals surface area contributed by atoms with E-state index in [0.717, 1.165) is 6.42 Å². The van der Waals surface area contributed by atoms with Crippen LogP contribution < -0.4 is 0 Å². The van der Waals surface area contributed by atoms with E-state index in [2.05, 4.69) is 30.9 Å². The van der Waals surface area contributed by atoms with Crippen LogP contribution in [0, 0.1) is 0 Å². The second-order valence-electron chi connectivity index (χ2n) is 2.48. The second-order valence-corrected chi connectivity index (χ2v) is 2.48. The Hall–Kier alpha value is -1.04. The van der Waals surface area contributed by atoms with Crippen LogP contribution in [0.3, 0.4) is 0 Å². The van der Waals surface area contributed by atoms with Gasteiger partial charge in [-0.05, 0) is 17.6 Å². The third-order valence-electron chi connectivity index (χ3n) is 1.75. The maximum atomic E-state index is 3.88. The molecule has 2 rings (SSSR count). The molecular formula is C9H8. The van der Waals surface area contributed by atoms with Crippen molar-refractivity contribution in [2.75, 3.05) is 0 Å². The molecule has 2 aliphatic rings. The Morgan fingerprint density at radius 3 is 2.33 bits per heavy atom. The van der Waals surface area contributed by atoms with Crippen LogP contribution in [0.5, 0.6) is 0 Å². The zero-order chi connectivity index (χ0) is 6.27. The Labute approximate surface area is 54.9 Å². The Kier molecular flexibility index (Phi) is 0.786. The Morgan fingerprint density at radius 1 is 1.11 bits per heavy atom. The predicted octanol–water partition coefficient (Wildman–Crippen LogP) is 2.37. The number of hydrogen-bond acceptors (Lipinski definition) is 0. The summed E-state index contributed by atoms with van der Waals surface area (Å²) in [5.41, 5.74) is 4.06. The number of rotatable bonds is 0. The van der Waals surface area contributed by atoms with Crippen LogP contribution in [0.4, 0.5) is 0 Å². The lowest BCUT2D eigenvalue weighted by Crippen LogP contribution is -1.98. The van der Waals surface area contributed by atoms with Crippen molar-refractivity contribution >= 4 is 0 Å². The van der Waals surface area contributed by atoms with Crippen LogP contribution in [0.1, 0.15) is 6.42 Å². The van der Waals surface area contributed by atoms with Crippen molar-refractivity contribution in [2.24, 2.45) is 0 Å². The molecule has 0 atom stereocenters. The number of hydrogen-bond donors (Lipinski definition) is 0. The minimum atomic E-state index is 1.06. The average Bonchev–Trinajstić information content (AvgIpc) is 1.78. The van der Waals surface area contributed by atoms with Crippen LogP contribution in [0.25, 0.3) is 0 Å². The van der Waals surface area contributed by atoms with Gasteiger partial charge in [0.1, 0.15) is 0 Å². The number of allylic oxidation sites excluding steroid dienone is 7. The SMILES string of the molecule is C=C1C=CC2=C(C=C2)C1. The summed E-state index contributed by atoms with van der Waals surface area (Å²) < 4.78 is 0. The molecule has 0 N–H and O–H groups in total. The fourth-order valence-electron chi connectivity index (χ4n) is 1.13. The molecule has 0 aromatic rings. The summed E-state index contributed by atoms with van der Waals surface area (Å²) in [6.45, 7) is 3.88. The molecule has 0 unspecified atom stereocenters. The van der Waals surface area contributed by atoms with E-state index in [-0.39, 0.29) is 0 Å². The van der Waals surface area contributed by atoms with Gasteiger partial charge in [-0.3, -0.25) is 0 Å². The van der Waals surface area contributed by atoms with Crippen molar-refractivity contribution in [2.45, 2.75) is 6.42 Å². The minimum absolute atomic E-state index is 1.06. The Balaban J connectivity index is 2.34. The van der Waals surface area contributed by atoms with Gasteiger partial charge in [-0.2, -0.15) is 0 Å². The molecule has 0 aromatic heterocycles. The third kappa shape index (κ3) is 0.595. The summed E-state index contributed by atoms with van der Waals surface area (Å²) in [6, 6.07) is 0. The first-order valence-corrected chi connectivity index (χ1v) is 3.13. The molecule has 0 nitrogen and oxygen atoms in total. The third-order valence-corrected chi connectivity index (χ3v) is 1.75. The average molecular weight is 116 g/mol. The monoisotopic (exact) mass is 116 g/mol. The van der Waals surface area contributed by atoms with Gasteiger partial charge >= 0.3 is 0 Å². The highest BCUT2D eigenvalue weighted by molar-refractivity contribution is 5.56. The summed E-state index contributed by atoms with van der Waals surface area (Å²) >= 11 is 0. The predicted molar refractivity (Wildman–Crippen MR) is 39.1 cm³/mol. The van der Waals surface area contributed by atoms with E-state index >= 15 is 0 Å². The van der Waals surface area contributed by atoms with Crippen molar-refractivity contribution in [3.05, 3.63) is 47.6 Å². The van der Waals surface area contributed by atoms with Crippen molar-refractivity contribution in [3.63, 3.8) is 0 Å². The fourth-order valence-corrected chi connectivity index (χ4v) is 1.13. The highest BCUT2D eigenvalue weighted by Crippen LogP contribution is 2.29. The first-order valence-electron chi connectivity index (χ1n) is 3.13. The van der Waals surface area contributed by atoms with Gasteiger partial charge in [-0.25, -0.2) is 0 Å². The quantitative estimate of drug-likeness (QED) is 0.455. The zero-order valence-corrected chi connectivity index (χ0v) is 5.22. The lowest BCUT2D eigenvalue weighted by atomic mass is 9.88. The van der Waals surface area contributed by atoms with Crippen molar-refractivity contribution in [3.8, 4) is 0 Å². The highest BCUT2D eigenvalue weighted by atomic mass is 14.2. The van der Waals surface area contributed by atoms with Crippen molar-refractivity contribution in [1.82, 2.24) is 0 Å². The molecule has 0 heteroatoms. The highest BCUT2D eigenvalue weighted by Gasteiger charge is 2.10.